The molecule has 42 heavy (non-hydrogen) atoms. The summed E-state index contributed by atoms with van der Waals surface area (Å²) in [6, 6.07) is 22.5. The molecular weight excluding hydrogens is 550 g/mol. The second-order valence-electron chi connectivity index (χ2n) is 11.0. The summed E-state index contributed by atoms with van der Waals surface area (Å²) in [7, 11) is -3.90. The Morgan fingerprint density at radius 3 is 2.24 bits per heavy atom. The van der Waals surface area contributed by atoms with Crippen LogP contribution in [0.5, 0.6) is 5.75 Å². The smallest absolute Gasteiger partial charge is 0.343 e. The summed E-state index contributed by atoms with van der Waals surface area (Å²) in [5.41, 5.74) is 2.91. The zero-order valence-corrected chi connectivity index (χ0v) is 24.0. The number of hydrogen-bond acceptors (Lipinski definition) is 7. The molecule has 2 aliphatic rings. The molecule has 1 heterocycles. The molecule has 1 unspecified atom stereocenters. The molecule has 0 aliphatic heterocycles. The van der Waals surface area contributed by atoms with Crippen LogP contribution < -0.4 is 10.3 Å². The molecule has 0 radical (unpaired) electrons. The van der Waals surface area contributed by atoms with E-state index in [0.717, 1.165) is 49.7 Å². The lowest BCUT2D eigenvalue weighted by Crippen LogP contribution is -2.19. The highest BCUT2D eigenvalue weighted by atomic mass is 32.2. The third kappa shape index (κ3) is 6.16. The Hall–Kier alpha value is -4.24. The summed E-state index contributed by atoms with van der Waals surface area (Å²) in [4.78, 5) is 13.3. The highest BCUT2D eigenvalue weighted by Gasteiger charge is 2.38. The van der Waals surface area contributed by atoms with Gasteiger partial charge in [0.2, 0.25) is 0 Å². The molecule has 0 amide bonds. The van der Waals surface area contributed by atoms with Crippen molar-refractivity contribution in [1.82, 2.24) is 0 Å². The van der Waals surface area contributed by atoms with Crippen LogP contribution in [0.25, 0.3) is 0 Å². The monoisotopic (exact) mass is 583 g/mol. The van der Waals surface area contributed by atoms with E-state index in [2.05, 4.69) is 15.0 Å². The molecule has 2 N–H and O–H groups in total. The van der Waals surface area contributed by atoms with E-state index in [-0.39, 0.29) is 28.0 Å². The van der Waals surface area contributed by atoms with Crippen molar-refractivity contribution in [2.75, 3.05) is 4.72 Å². The molecule has 2 aliphatic carbocycles. The molecule has 0 bridgehead atoms. The summed E-state index contributed by atoms with van der Waals surface area (Å²) in [6.45, 7) is 0. The molecule has 1 fully saturated rings. The summed E-state index contributed by atoms with van der Waals surface area (Å²) >= 11 is 0. The van der Waals surface area contributed by atoms with Crippen molar-refractivity contribution in [3.63, 3.8) is 0 Å². The molecule has 3 aromatic carbocycles. The van der Waals surface area contributed by atoms with Gasteiger partial charge in [0.05, 0.1) is 21.8 Å². The van der Waals surface area contributed by atoms with Crippen LogP contribution in [-0.2, 0) is 22.9 Å². The van der Waals surface area contributed by atoms with Gasteiger partial charge in [-0.15, -0.1) is 0 Å². The zero-order chi connectivity index (χ0) is 29.1. The lowest BCUT2D eigenvalue weighted by Gasteiger charge is -2.22. The van der Waals surface area contributed by atoms with Crippen LogP contribution in [-0.4, -0.2) is 13.5 Å². The summed E-state index contributed by atoms with van der Waals surface area (Å²) in [6.07, 6.45) is 7.22. The van der Waals surface area contributed by atoms with Gasteiger partial charge in [-0.3, -0.25) is 4.72 Å². The average Bonchev–Trinajstić information content (AvgIpc) is 3.81. The fourth-order valence-corrected chi connectivity index (χ4v) is 6.76. The van der Waals surface area contributed by atoms with Crippen molar-refractivity contribution in [1.29, 1.82) is 0 Å². The van der Waals surface area contributed by atoms with Gasteiger partial charge in [0.1, 0.15) is 11.5 Å². The van der Waals surface area contributed by atoms with E-state index in [4.69, 9.17) is 4.42 Å². The van der Waals surface area contributed by atoms with Gasteiger partial charge >= 0.3 is 5.63 Å². The van der Waals surface area contributed by atoms with Gasteiger partial charge in [0.25, 0.3) is 10.0 Å². The third-order valence-corrected chi connectivity index (χ3v) is 9.38. The lowest BCUT2D eigenvalue weighted by atomic mass is 9.85. The molecule has 9 heteroatoms. The van der Waals surface area contributed by atoms with Crippen molar-refractivity contribution >= 4 is 27.1 Å². The van der Waals surface area contributed by atoms with Crippen LogP contribution in [0.4, 0.5) is 17.1 Å². The van der Waals surface area contributed by atoms with Gasteiger partial charge in [-0.2, -0.15) is 10.2 Å². The van der Waals surface area contributed by atoms with Gasteiger partial charge in [-0.25, -0.2) is 13.2 Å². The summed E-state index contributed by atoms with van der Waals surface area (Å²) in [5.74, 6) is 0.450. The molecule has 6 rings (SSSR count). The number of aryl methyl sites for hydroxylation is 1. The fraction of sp³-hybridized carbons (Fsp3) is 0.303. The highest BCUT2D eigenvalue weighted by molar-refractivity contribution is 7.92. The molecule has 4 aromatic rings. The Bertz CT molecular complexity index is 1760. The van der Waals surface area contributed by atoms with E-state index in [1.54, 1.807) is 30.3 Å². The van der Waals surface area contributed by atoms with Crippen LogP contribution in [0.1, 0.15) is 66.9 Å². The van der Waals surface area contributed by atoms with E-state index >= 15 is 0 Å². The van der Waals surface area contributed by atoms with Gasteiger partial charge in [-0.05, 0) is 92.1 Å². The summed E-state index contributed by atoms with van der Waals surface area (Å²) < 4.78 is 35.0. The van der Waals surface area contributed by atoms with E-state index in [1.165, 1.54) is 12.1 Å². The van der Waals surface area contributed by atoms with Crippen LogP contribution >= 0.6 is 0 Å². The second-order valence-corrected chi connectivity index (χ2v) is 12.7. The number of hydrogen-bond donors (Lipinski definition) is 2. The zero-order valence-electron chi connectivity index (χ0n) is 23.2. The first kappa shape index (κ1) is 27.9. The highest BCUT2D eigenvalue weighted by Crippen LogP contribution is 2.49. The minimum absolute atomic E-state index is 0.0514. The van der Waals surface area contributed by atoms with Crippen molar-refractivity contribution in [2.24, 2.45) is 16.1 Å². The second kappa shape index (κ2) is 11.9. The van der Waals surface area contributed by atoms with Crippen molar-refractivity contribution in [3.05, 3.63) is 112 Å². The standard InChI is InChI=1S/C33H33N3O5S/c37-32-28-13-6-1-2-7-14-29(28)41-33(38)31(32)30(22-15-16-22)23-9-8-12-26(21-23)36-42(39,40)27-19-17-25(18-20-27)35-34-24-10-4-3-5-11-24/h3-5,8-12,17-22,30,36-37H,1-2,6-7,13-16H2. The number of nitrogens with zero attached hydrogens (tertiary/aromatic N) is 2. The van der Waals surface area contributed by atoms with Gasteiger partial charge in [0.15, 0.2) is 0 Å². The van der Waals surface area contributed by atoms with Crippen molar-refractivity contribution in [2.45, 2.75) is 62.2 Å². The van der Waals surface area contributed by atoms with Crippen molar-refractivity contribution < 1.29 is 17.9 Å². The number of anilines is 1. The van der Waals surface area contributed by atoms with E-state index in [9.17, 15) is 18.3 Å². The molecule has 1 aromatic heterocycles. The predicted octanol–water partition coefficient (Wildman–Crippen LogP) is 7.76. The van der Waals surface area contributed by atoms with Crippen LogP contribution in [0, 0.1) is 5.92 Å². The molecule has 1 atom stereocenters. The Morgan fingerprint density at radius 2 is 1.52 bits per heavy atom. The maximum absolute atomic E-state index is 13.3. The first-order chi connectivity index (χ1) is 20.4. The minimum Gasteiger partial charge on any atom is -0.507 e. The lowest BCUT2D eigenvalue weighted by molar-refractivity contribution is 0.382. The fourth-order valence-electron chi connectivity index (χ4n) is 5.71. The van der Waals surface area contributed by atoms with Gasteiger partial charge < -0.3 is 9.52 Å². The molecule has 0 saturated heterocycles. The average molecular weight is 584 g/mol. The van der Waals surface area contributed by atoms with Crippen LogP contribution in [0.2, 0.25) is 0 Å². The normalized spacial score (nSPS) is 16.4. The number of aromatic hydroxyl groups is 1. The van der Waals surface area contributed by atoms with Gasteiger partial charge in [0, 0.05) is 23.6 Å². The Balaban J connectivity index is 1.26. The maximum Gasteiger partial charge on any atom is 0.343 e. The maximum atomic E-state index is 13.3. The quantitative estimate of drug-likeness (QED) is 0.205. The number of nitrogens with one attached hydrogen (secondary N) is 1. The Morgan fingerprint density at radius 1 is 0.833 bits per heavy atom. The minimum atomic E-state index is -3.90. The largest absolute Gasteiger partial charge is 0.507 e. The van der Waals surface area contributed by atoms with Crippen LogP contribution in [0.15, 0.2) is 103 Å². The SMILES string of the molecule is O=c1oc2c(c(O)c1C(c1cccc(NS(=O)(=O)c3ccc(N=Nc4ccccc4)cc3)c1)C1CC1)CCCCCC2. The molecule has 0 spiro atoms. The Kier molecular flexibility index (Phi) is 7.93. The number of sulfonamides is 1. The van der Waals surface area contributed by atoms with E-state index < -0.39 is 15.6 Å². The van der Waals surface area contributed by atoms with Crippen molar-refractivity contribution in [3.8, 4) is 5.75 Å². The van der Waals surface area contributed by atoms with Crippen LogP contribution in [0.3, 0.4) is 0 Å². The van der Waals surface area contributed by atoms with E-state index in [0.29, 0.717) is 35.7 Å². The first-order valence-electron chi connectivity index (χ1n) is 14.5. The van der Waals surface area contributed by atoms with E-state index in [1.807, 2.05) is 36.4 Å². The van der Waals surface area contributed by atoms with Gasteiger partial charge in [-0.1, -0.05) is 43.2 Å². The molecule has 8 nitrogen and oxygen atoms in total. The predicted molar refractivity (Wildman–Crippen MR) is 161 cm³/mol. The molecule has 1 saturated carbocycles. The molecular formula is C33H33N3O5S. The number of benzene rings is 3. The third-order valence-electron chi connectivity index (χ3n) is 7.98. The number of azo groups is 1. The summed E-state index contributed by atoms with van der Waals surface area (Å²) in [5, 5.41) is 19.7. The Labute approximate surface area is 245 Å². The number of fused-ring (bicyclic) bond motifs is 1. The first-order valence-corrected chi connectivity index (χ1v) is 15.9. The molecule has 216 valence electrons. The number of rotatable bonds is 8. The topological polar surface area (TPSA) is 121 Å².